The standard InChI is InChI=1S/C21H20N4O/c1-15(2)22-21(26)19-12-13-25(23-19)20-11-10-18-9-8-17(14-24(18)20)16-6-4-3-5-7-16/h3-15H,1-2H3,(H,22,26). The molecule has 1 N–H and O–H groups in total. The van der Waals surface area contributed by atoms with Gasteiger partial charge in [-0.3, -0.25) is 4.79 Å². The van der Waals surface area contributed by atoms with Gasteiger partial charge in [0.25, 0.3) is 5.91 Å². The summed E-state index contributed by atoms with van der Waals surface area (Å²) < 4.78 is 3.82. The molecule has 5 nitrogen and oxygen atoms in total. The highest BCUT2D eigenvalue weighted by Crippen LogP contribution is 2.22. The van der Waals surface area contributed by atoms with E-state index in [0.717, 1.165) is 22.5 Å². The molecule has 3 aromatic heterocycles. The van der Waals surface area contributed by atoms with Gasteiger partial charge in [0.1, 0.15) is 5.82 Å². The molecule has 1 amide bonds. The molecule has 4 rings (SSSR count). The largest absolute Gasteiger partial charge is 0.348 e. The first-order valence-corrected chi connectivity index (χ1v) is 8.65. The maximum absolute atomic E-state index is 12.1. The van der Waals surface area contributed by atoms with E-state index in [1.54, 1.807) is 10.7 Å². The van der Waals surface area contributed by atoms with Gasteiger partial charge in [0, 0.05) is 24.0 Å². The van der Waals surface area contributed by atoms with Crippen LogP contribution in [0.4, 0.5) is 0 Å². The molecule has 0 fully saturated rings. The van der Waals surface area contributed by atoms with Crippen LogP contribution in [0.1, 0.15) is 24.3 Å². The molecule has 0 unspecified atom stereocenters. The lowest BCUT2D eigenvalue weighted by Crippen LogP contribution is -2.30. The third kappa shape index (κ3) is 2.99. The van der Waals surface area contributed by atoms with Crippen molar-refractivity contribution in [2.45, 2.75) is 19.9 Å². The number of rotatable bonds is 4. The normalized spacial score (nSPS) is 11.2. The first-order chi connectivity index (χ1) is 12.6. The Hall–Kier alpha value is -3.34. The zero-order valence-corrected chi connectivity index (χ0v) is 14.8. The van der Waals surface area contributed by atoms with Crippen molar-refractivity contribution in [2.75, 3.05) is 0 Å². The van der Waals surface area contributed by atoms with Crippen molar-refractivity contribution in [3.8, 4) is 16.9 Å². The average Bonchev–Trinajstić information content (AvgIpc) is 3.28. The van der Waals surface area contributed by atoms with E-state index in [1.165, 1.54) is 0 Å². The first kappa shape index (κ1) is 16.1. The van der Waals surface area contributed by atoms with E-state index in [1.807, 2.05) is 50.4 Å². The number of fused-ring (bicyclic) bond motifs is 1. The molecule has 0 saturated carbocycles. The van der Waals surface area contributed by atoms with Crippen molar-refractivity contribution in [2.24, 2.45) is 0 Å². The second-order valence-electron chi connectivity index (χ2n) is 6.54. The van der Waals surface area contributed by atoms with Crippen molar-refractivity contribution in [3.05, 3.63) is 78.8 Å². The number of aromatic nitrogens is 3. The van der Waals surface area contributed by atoms with Crippen molar-refractivity contribution in [1.82, 2.24) is 19.5 Å². The molecule has 5 heteroatoms. The molecular weight excluding hydrogens is 324 g/mol. The Morgan fingerprint density at radius 2 is 1.73 bits per heavy atom. The van der Waals surface area contributed by atoms with Gasteiger partial charge in [-0.1, -0.05) is 36.4 Å². The van der Waals surface area contributed by atoms with Crippen molar-refractivity contribution >= 4 is 11.4 Å². The fraction of sp³-hybridized carbons (Fsp3) is 0.143. The van der Waals surface area contributed by atoms with E-state index in [-0.39, 0.29) is 11.9 Å². The van der Waals surface area contributed by atoms with E-state index in [2.05, 4.69) is 45.3 Å². The summed E-state index contributed by atoms with van der Waals surface area (Å²) in [6, 6.07) is 20.3. The molecule has 0 aliphatic heterocycles. The number of amides is 1. The van der Waals surface area contributed by atoms with Gasteiger partial charge in [-0.15, -0.1) is 0 Å². The number of nitrogens with zero attached hydrogens (tertiary/aromatic N) is 3. The van der Waals surface area contributed by atoms with Gasteiger partial charge in [0.15, 0.2) is 5.69 Å². The van der Waals surface area contributed by atoms with E-state index < -0.39 is 0 Å². The zero-order chi connectivity index (χ0) is 18.1. The molecule has 0 aliphatic carbocycles. The Balaban J connectivity index is 1.73. The molecule has 130 valence electrons. The molecular formula is C21H20N4O. The van der Waals surface area contributed by atoms with Crippen LogP contribution in [0.5, 0.6) is 0 Å². The lowest BCUT2D eigenvalue weighted by molar-refractivity contribution is 0.0937. The molecule has 0 spiro atoms. The minimum Gasteiger partial charge on any atom is -0.348 e. The van der Waals surface area contributed by atoms with Crippen LogP contribution in [0.15, 0.2) is 73.1 Å². The third-order valence-electron chi connectivity index (χ3n) is 4.21. The fourth-order valence-electron chi connectivity index (χ4n) is 2.98. The number of carbonyl (C=O) groups is 1. The average molecular weight is 344 g/mol. The minimum atomic E-state index is -0.162. The molecule has 0 atom stereocenters. The van der Waals surface area contributed by atoms with Crippen LogP contribution in [-0.2, 0) is 0 Å². The van der Waals surface area contributed by atoms with Crippen LogP contribution in [-0.4, -0.2) is 26.1 Å². The van der Waals surface area contributed by atoms with Gasteiger partial charge in [-0.25, -0.2) is 4.68 Å². The second-order valence-corrected chi connectivity index (χ2v) is 6.54. The van der Waals surface area contributed by atoms with Gasteiger partial charge >= 0.3 is 0 Å². The summed E-state index contributed by atoms with van der Waals surface area (Å²) in [5, 5.41) is 7.31. The maximum atomic E-state index is 12.1. The van der Waals surface area contributed by atoms with E-state index in [4.69, 9.17) is 0 Å². The summed E-state index contributed by atoms with van der Waals surface area (Å²) in [5.41, 5.74) is 3.77. The number of nitrogens with one attached hydrogen (secondary N) is 1. The molecule has 26 heavy (non-hydrogen) atoms. The van der Waals surface area contributed by atoms with Crippen LogP contribution in [0.3, 0.4) is 0 Å². The maximum Gasteiger partial charge on any atom is 0.271 e. The van der Waals surface area contributed by atoms with Gasteiger partial charge in [-0.05, 0) is 49.2 Å². The molecule has 3 heterocycles. The Labute approximate surface area is 151 Å². The second kappa shape index (κ2) is 6.52. The van der Waals surface area contributed by atoms with E-state index in [9.17, 15) is 4.79 Å². The van der Waals surface area contributed by atoms with Gasteiger partial charge < -0.3 is 9.72 Å². The molecule has 4 aromatic rings. The highest BCUT2D eigenvalue weighted by Gasteiger charge is 2.13. The zero-order valence-electron chi connectivity index (χ0n) is 14.8. The number of carbonyl (C=O) groups excluding carboxylic acids is 1. The van der Waals surface area contributed by atoms with Crippen LogP contribution >= 0.6 is 0 Å². The monoisotopic (exact) mass is 344 g/mol. The lowest BCUT2D eigenvalue weighted by atomic mass is 10.1. The van der Waals surface area contributed by atoms with Crippen molar-refractivity contribution in [1.29, 1.82) is 0 Å². The Bertz CT molecular complexity index is 1060. The highest BCUT2D eigenvalue weighted by atomic mass is 16.2. The smallest absolute Gasteiger partial charge is 0.271 e. The first-order valence-electron chi connectivity index (χ1n) is 8.65. The summed E-state index contributed by atoms with van der Waals surface area (Å²) in [7, 11) is 0. The van der Waals surface area contributed by atoms with Crippen molar-refractivity contribution < 1.29 is 4.79 Å². The van der Waals surface area contributed by atoms with Crippen LogP contribution < -0.4 is 5.32 Å². The SMILES string of the molecule is CC(C)NC(=O)c1ccn(-c2ccc3ccc(-c4ccccc4)cn23)n1. The van der Waals surface area contributed by atoms with Crippen LogP contribution in [0.25, 0.3) is 22.5 Å². The molecule has 0 bridgehead atoms. The number of hydrogen-bond donors (Lipinski definition) is 1. The highest BCUT2D eigenvalue weighted by molar-refractivity contribution is 5.92. The molecule has 0 radical (unpaired) electrons. The third-order valence-corrected chi connectivity index (χ3v) is 4.21. The summed E-state index contributed by atoms with van der Waals surface area (Å²) in [4.78, 5) is 12.1. The topological polar surface area (TPSA) is 51.3 Å². The van der Waals surface area contributed by atoms with Crippen molar-refractivity contribution in [3.63, 3.8) is 0 Å². The molecule has 1 aromatic carbocycles. The summed E-state index contributed by atoms with van der Waals surface area (Å²) in [6.07, 6.45) is 3.90. The quantitative estimate of drug-likeness (QED) is 0.610. The fourth-order valence-corrected chi connectivity index (χ4v) is 2.98. The van der Waals surface area contributed by atoms with Crippen LogP contribution in [0.2, 0.25) is 0 Å². The van der Waals surface area contributed by atoms with E-state index in [0.29, 0.717) is 5.69 Å². The molecule has 0 saturated heterocycles. The molecule has 0 aliphatic rings. The minimum absolute atomic E-state index is 0.0789. The summed E-state index contributed by atoms with van der Waals surface area (Å²) in [6.45, 7) is 3.86. The predicted molar refractivity (Wildman–Crippen MR) is 103 cm³/mol. The number of benzene rings is 1. The lowest BCUT2D eigenvalue weighted by Gasteiger charge is -2.07. The Morgan fingerprint density at radius 1 is 0.962 bits per heavy atom. The summed E-state index contributed by atoms with van der Waals surface area (Å²) in [5.74, 6) is 0.728. The van der Waals surface area contributed by atoms with Crippen LogP contribution in [0, 0.1) is 0 Å². The number of pyridine rings is 1. The van der Waals surface area contributed by atoms with E-state index >= 15 is 0 Å². The predicted octanol–water partition coefficient (Wildman–Crippen LogP) is 3.93. The number of hydrogen-bond acceptors (Lipinski definition) is 2. The van der Waals surface area contributed by atoms with Gasteiger partial charge in [0.2, 0.25) is 0 Å². The Morgan fingerprint density at radius 3 is 2.50 bits per heavy atom. The van der Waals surface area contributed by atoms with Gasteiger partial charge in [-0.2, -0.15) is 5.10 Å². The van der Waals surface area contributed by atoms with Gasteiger partial charge in [0.05, 0.1) is 0 Å². The summed E-state index contributed by atoms with van der Waals surface area (Å²) >= 11 is 0. The Kier molecular flexibility index (Phi) is 4.05.